The molecule has 0 radical (unpaired) electrons. The van der Waals surface area contributed by atoms with Crippen LogP contribution in [0.1, 0.15) is 25.7 Å². The fraction of sp³-hybridized carbons (Fsp3) is 0.357. The maximum atomic E-state index is 11.7. The molecular weight excluding hydrogens is 290 g/mol. The second kappa shape index (κ2) is 6.79. The Morgan fingerprint density at radius 3 is 2.32 bits per heavy atom. The molecular formula is C14H15N3O5. The molecule has 0 saturated carbocycles. The van der Waals surface area contributed by atoms with Gasteiger partial charge in [-0.1, -0.05) is 0 Å². The minimum absolute atomic E-state index is 0.0518. The van der Waals surface area contributed by atoms with Crippen molar-refractivity contribution >= 4 is 29.1 Å². The van der Waals surface area contributed by atoms with E-state index in [4.69, 9.17) is 0 Å². The predicted octanol–water partition coefficient (Wildman–Crippen LogP) is 1.46. The van der Waals surface area contributed by atoms with Crippen LogP contribution in [0.2, 0.25) is 0 Å². The predicted molar refractivity (Wildman–Crippen MR) is 76.9 cm³/mol. The number of imide groups is 1. The standard InChI is InChI=1S/C14H15N3O5/c18-12(2-1-9-16-13(19)7-8-14(16)20)15-10-3-5-11(6-4-10)17(21)22/h3-6H,1-2,7-9H2,(H,15,18). The average Bonchev–Trinajstić information content (AvgIpc) is 2.79. The molecule has 1 fully saturated rings. The van der Waals surface area contributed by atoms with E-state index in [1.807, 2.05) is 0 Å². The normalized spacial score (nSPS) is 14.3. The summed E-state index contributed by atoms with van der Waals surface area (Å²) in [5, 5.41) is 13.1. The molecule has 0 spiro atoms. The Morgan fingerprint density at radius 2 is 1.77 bits per heavy atom. The minimum atomic E-state index is -0.518. The van der Waals surface area contributed by atoms with Crippen LogP contribution >= 0.6 is 0 Å². The SMILES string of the molecule is O=C(CCCN1C(=O)CCC1=O)Nc1ccc([N+](=O)[O-])cc1. The molecule has 0 aromatic heterocycles. The summed E-state index contributed by atoms with van der Waals surface area (Å²) in [6.07, 6.45) is 1.03. The quantitative estimate of drug-likeness (QED) is 0.486. The number of nitrogens with one attached hydrogen (secondary N) is 1. The number of carbonyl (C=O) groups excluding carboxylic acids is 3. The van der Waals surface area contributed by atoms with Crippen LogP contribution in [0.15, 0.2) is 24.3 Å². The first-order chi connectivity index (χ1) is 10.5. The van der Waals surface area contributed by atoms with E-state index in [0.717, 1.165) is 0 Å². The van der Waals surface area contributed by atoms with Crippen molar-refractivity contribution in [3.05, 3.63) is 34.4 Å². The smallest absolute Gasteiger partial charge is 0.269 e. The van der Waals surface area contributed by atoms with Crippen molar-refractivity contribution in [3.8, 4) is 0 Å². The first-order valence-corrected chi connectivity index (χ1v) is 6.85. The van der Waals surface area contributed by atoms with Crippen LogP contribution in [0.4, 0.5) is 11.4 Å². The van der Waals surface area contributed by atoms with E-state index in [0.29, 0.717) is 12.1 Å². The van der Waals surface area contributed by atoms with Crippen LogP contribution in [0.5, 0.6) is 0 Å². The number of benzene rings is 1. The Hall–Kier alpha value is -2.77. The highest BCUT2D eigenvalue weighted by atomic mass is 16.6. The summed E-state index contributed by atoms with van der Waals surface area (Å²) in [7, 11) is 0. The van der Waals surface area contributed by atoms with Crippen molar-refractivity contribution in [2.24, 2.45) is 0 Å². The van der Waals surface area contributed by atoms with Gasteiger partial charge in [-0.3, -0.25) is 29.4 Å². The highest BCUT2D eigenvalue weighted by Crippen LogP contribution is 2.16. The number of rotatable bonds is 6. The molecule has 22 heavy (non-hydrogen) atoms. The van der Waals surface area contributed by atoms with Gasteiger partial charge >= 0.3 is 0 Å². The zero-order valence-corrected chi connectivity index (χ0v) is 11.8. The van der Waals surface area contributed by atoms with Crippen molar-refractivity contribution in [2.75, 3.05) is 11.9 Å². The second-order valence-electron chi connectivity index (χ2n) is 4.89. The van der Waals surface area contributed by atoms with Crippen LogP contribution in [-0.4, -0.2) is 34.1 Å². The third kappa shape index (κ3) is 3.87. The van der Waals surface area contributed by atoms with E-state index in [9.17, 15) is 24.5 Å². The number of nitro groups is 1. The van der Waals surface area contributed by atoms with Gasteiger partial charge in [0.1, 0.15) is 0 Å². The molecule has 1 N–H and O–H groups in total. The lowest BCUT2D eigenvalue weighted by Gasteiger charge is -2.13. The molecule has 1 saturated heterocycles. The van der Waals surface area contributed by atoms with Gasteiger partial charge in [0.15, 0.2) is 0 Å². The molecule has 1 aromatic carbocycles. The van der Waals surface area contributed by atoms with Gasteiger partial charge in [0, 0.05) is 43.6 Å². The van der Waals surface area contributed by atoms with E-state index in [-0.39, 0.29) is 49.2 Å². The first-order valence-electron chi connectivity index (χ1n) is 6.85. The number of nitrogens with zero attached hydrogens (tertiary/aromatic N) is 2. The number of likely N-dealkylation sites (tertiary alicyclic amines) is 1. The van der Waals surface area contributed by atoms with E-state index >= 15 is 0 Å². The van der Waals surface area contributed by atoms with E-state index < -0.39 is 4.92 Å². The topological polar surface area (TPSA) is 110 Å². The van der Waals surface area contributed by atoms with E-state index in [2.05, 4.69) is 5.32 Å². The van der Waals surface area contributed by atoms with Gasteiger partial charge in [0.2, 0.25) is 17.7 Å². The first kappa shape index (κ1) is 15.6. The van der Waals surface area contributed by atoms with Crippen LogP contribution in [0.3, 0.4) is 0 Å². The summed E-state index contributed by atoms with van der Waals surface area (Å²) in [5.41, 5.74) is 0.410. The minimum Gasteiger partial charge on any atom is -0.326 e. The molecule has 1 aliphatic heterocycles. The number of non-ortho nitro benzene ring substituents is 1. The monoisotopic (exact) mass is 305 g/mol. The van der Waals surface area contributed by atoms with Crippen molar-refractivity contribution in [3.63, 3.8) is 0 Å². The third-order valence-corrected chi connectivity index (χ3v) is 3.30. The van der Waals surface area contributed by atoms with Gasteiger partial charge in [0.05, 0.1) is 4.92 Å². The molecule has 1 aliphatic rings. The van der Waals surface area contributed by atoms with Gasteiger partial charge in [-0.2, -0.15) is 0 Å². The van der Waals surface area contributed by atoms with Crippen LogP contribution < -0.4 is 5.32 Å². The molecule has 0 bridgehead atoms. The highest BCUT2D eigenvalue weighted by Gasteiger charge is 2.28. The van der Waals surface area contributed by atoms with Gasteiger partial charge < -0.3 is 5.32 Å². The summed E-state index contributed by atoms with van der Waals surface area (Å²) >= 11 is 0. The maximum Gasteiger partial charge on any atom is 0.269 e. The van der Waals surface area contributed by atoms with Crippen LogP contribution in [-0.2, 0) is 14.4 Å². The van der Waals surface area contributed by atoms with Gasteiger partial charge in [-0.25, -0.2) is 0 Å². The number of hydrogen-bond donors (Lipinski definition) is 1. The fourth-order valence-electron chi connectivity index (χ4n) is 2.16. The molecule has 2 rings (SSSR count). The molecule has 8 heteroatoms. The number of carbonyl (C=O) groups is 3. The Labute approximate surface area is 126 Å². The lowest BCUT2D eigenvalue weighted by molar-refractivity contribution is -0.384. The van der Waals surface area contributed by atoms with Gasteiger partial charge in [-0.15, -0.1) is 0 Å². The third-order valence-electron chi connectivity index (χ3n) is 3.30. The summed E-state index contributed by atoms with van der Waals surface area (Å²) < 4.78 is 0. The van der Waals surface area contributed by atoms with Crippen molar-refractivity contribution in [2.45, 2.75) is 25.7 Å². The molecule has 1 aromatic rings. The zero-order chi connectivity index (χ0) is 16.1. The largest absolute Gasteiger partial charge is 0.326 e. The Balaban J connectivity index is 1.77. The number of amides is 3. The van der Waals surface area contributed by atoms with E-state index in [1.54, 1.807) is 0 Å². The lowest BCUT2D eigenvalue weighted by atomic mass is 10.2. The van der Waals surface area contributed by atoms with Gasteiger partial charge in [0.25, 0.3) is 5.69 Å². The van der Waals surface area contributed by atoms with Gasteiger partial charge in [-0.05, 0) is 18.6 Å². The summed E-state index contributed by atoms with van der Waals surface area (Å²) in [4.78, 5) is 45.7. The van der Waals surface area contributed by atoms with Crippen LogP contribution in [0, 0.1) is 10.1 Å². The Bertz CT molecular complexity index is 595. The second-order valence-corrected chi connectivity index (χ2v) is 4.89. The molecule has 3 amide bonds. The zero-order valence-electron chi connectivity index (χ0n) is 11.8. The van der Waals surface area contributed by atoms with Crippen LogP contribution in [0.25, 0.3) is 0 Å². The number of anilines is 1. The molecule has 0 aliphatic carbocycles. The molecule has 1 heterocycles. The summed E-state index contributed by atoms with van der Waals surface area (Å²) in [5.74, 6) is -0.658. The number of nitro benzene ring substituents is 1. The van der Waals surface area contributed by atoms with E-state index in [1.165, 1.54) is 29.2 Å². The fourth-order valence-corrected chi connectivity index (χ4v) is 2.16. The van der Waals surface area contributed by atoms with Crippen molar-refractivity contribution < 1.29 is 19.3 Å². The molecule has 116 valence electrons. The average molecular weight is 305 g/mol. The molecule has 8 nitrogen and oxygen atoms in total. The Morgan fingerprint density at radius 1 is 1.18 bits per heavy atom. The van der Waals surface area contributed by atoms with Crippen molar-refractivity contribution in [1.82, 2.24) is 4.90 Å². The Kier molecular flexibility index (Phi) is 4.82. The molecule has 0 atom stereocenters. The molecule has 0 unspecified atom stereocenters. The lowest BCUT2D eigenvalue weighted by Crippen LogP contribution is -2.30. The van der Waals surface area contributed by atoms with Crippen molar-refractivity contribution in [1.29, 1.82) is 0 Å². The maximum absolute atomic E-state index is 11.7. The summed E-state index contributed by atoms with van der Waals surface area (Å²) in [6, 6.07) is 5.50. The highest BCUT2D eigenvalue weighted by molar-refractivity contribution is 6.02. The summed E-state index contributed by atoms with van der Waals surface area (Å²) in [6.45, 7) is 0.241. The number of hydrogen-bond acceptors (Lipinski definition) is 5.